The molecule has 0 saturated carbocycles. The molecule has 0 heterocycles. The third kappa shape index (κ3) is 59.9. The number of Topliss-reactive ketones (excluding diaryl/α,β-unsaturated/α-hetero) is 2. The second kappa shape index (κ2) is 30.9. The summed E-state index contributed by atoms with van der Waals surface area (Å²) >= 11 is 0. The molecule has 0 atom stereocenters. The van der Waals surface area contributed by atoms with Crippen LogP contribution in [0.5, 0.6) is 0 Å². The SMILES string of the molecule is CCO.CCO.[CH2-]COC(=O)CC(C)=O.[CH2-]COC(=O)CC(C)=O.[Zr+2]. The van der Waals surface area contributed by atoms with Crippen molar-refractivity contribution in [1.82, 2.24) is 0 Å². The van der Waals surface area contributed by atoms with E-state index >= 15 is 0 Å². The molecule has 0 fully saturated rings. The van der Waals surface area contributed by atoms with Crippen molar-refractivity contribution in [2.75, 3.05) is 26.4 Å². The number of carbonyl (C=O) groups is 4. The Hall–Kier alpha value is -0.917. The van der Waals surface area contributed by atoms with Gasteiger partial charge in [0.15, 0.2) is 0 Å². The van der Waals surface area contributed by atoms with E-state index in [2.05, 4.69) is 23.3 Å². The molecule has 0 amide bonds. The Balaban J connectivity index is -0.0000000788. The number of esters is 2. The van der Waals surface area contributed by atoms with Gasteiger partial charge in [-0.1, -0.05) is 0 Å². The molecule has 8 nitrogen and oxygen atoms in total. The summed E-state index contributed by atoms with van der Waals surface area (Å²) in [7, 11) is 0. The van der Waals surface area contributed by atoms with Gasteiger partial charge in [0.2, 0.25) is 0 Å². The van der Waals surface area contributed by atoms with E-state index in [1.165, 1.54) is 13.8 Å². The van der Waals surface area contributed by atoms with Gasteiger partial charge in [-0.25, -0.2) is 0 Å². The van der Waals surface area contributed by atoms with Crippen LogP contribution in [-0.4, -0.2) is 60.1 Å². The van der Waals surface area contributed by atoms with Crippen LogP contribution in [0, 0.1) is 13.8 Å². The van der Waals surface area contributed by atoms with Crippen molar-refractivity contribution in [1.29, 1.82) is 0 Å². The Kier molecular flexibility index (Phi) is 43.6. The molecular formula is C16H30O8Zr. The number of aliphatic hydroxyl groups excluding tert-OH is 2. The summed E-state index contributed by atoms with van der Waals surface area (Å²) in [6.45, 7) is 13.3. The molecule has 0 unspecified atom stereocenters. The van der Waals surface area contributed by atoms with E-state index < -0.39 is 11.9 Å². The first-order valence-electron chi connectivity index (χ1n) is 7.26. The number of carbonyl (C=O) groups excluding carboxylic acids is 4. The summed E-state index contributed by atoms with van der Waals surface area (Å²) in [5, 5.41) is 15.1. The van der Waals surface area contributed by atoms with Crippen LogP contribution in [0.25, 0.3) is 0 Å². The van der Waals surface area contributed by atoms with Gasteiger partial charge >= 0.3 is 38.1 Å². The molecule has 9 heteroatoms. The van der Waals surface area contributed by atoms with Gasteiger partial charge in [0.25, 0.3) is 0 Å². The Bertz CT molecular complexity index is 300. The topological polar surface area (TPSA) is 127 Å². The molecule has 0 aromatic carbocycles. The van der Waals surface area contributed by atoms with Crippen molar-refractivity contribution in [3.05, 3.63) is 13.8 Å². The first kappa shape index (κ1) is 35.2. The molecule has 0 saturated heterocycles. The molecule has 0 aliphatic heterocycles. The molecule has 2 N–H and O–H groups in total. The zero-order valence-electron chi connectivity index (χ0n) is 15.5. The van der Waals surface area contributed by atoms with Crippen molar-refractivity contribution < 1.29 is 65.1 Å². The van der Waals surface area contributed by atoms with Crippen LogP contribution >= 0.6 is 0 Å². The predicted octanol–water partition coefficient (Wildman–Crippen LogP) is 0.680. The van der Waals surface area contributed by atoms with Gasteiger partial charge in [-0.2, -0.15) is 0 Å². The minimum absolute atomic E-state index is 0. The van der Waals surface area contributed by atoms with Gasteiger partial charge in [0.1, 0.15) is 24.4 Å². The molecule has 0 spiro atoms. The van der Waals surface area contributed by atoms with E-state index in [0.717, 1.165) is 0 Å². The molecule has 25 heavy (non-hydrogen) atoms. The smallest absolute Gasteiger partial charge is 0.499 e. The van der Waals surface area contributed by atoms with E-state index in [4.69, 9.17) is 10.2 Å². The van der Waals surface area contributed by atoms with Gasteiger partial charge < -0.3 is 33.5 Å². The van der Waals surface area contributed by atoms with Crippen molar-refractivity contribution in [2.45, 2.75) is 40.5 Å². The molecule has 0 aliphatic carbocycles. The first-order valence-corrected chi connectivity index (χ1v) is 7.26. The minimum Gasteiger partial charge on any atom is -0.499 e. The van der Waals surface area contributed by atoms with Crippen LogP contribution in [0.1, 0.15) is 40.5 Å². The molecule has 0 bridgehead atoms. The third-order valence-corrected chi connectivity index (χ3v) is 1.31. The zero-order valence-corrected chi connectivity index (χ0v) is 18.0. The Morgan fingerprint density at radius 1 is 0.760 bits per heavy atom. The van der Waals surface area contributed by atoms with Crippen LogP contribution in [0.2, 0.25) is 0 Å². The van der Waals surface area contributed by atoms with E-state index in [1.807, 2.05) is 0 Å². The van der Waals surface area contributed by atoms with Crippen LogP contribution in [0.15, 0.2) is 0 Å². The summed E-state index contributed by atoms with van der Waals surface area (Å²) in [6.07, 6.45) is -0.287. The van der Waals surface area contributed by atoms with Crippen molar-refractivity contribution in [3.63, 3.8) is 0 Å². The van der Waals surface area contributed by atoms with Crippen molar-refractivity contribution >= 4 is 23.5 Å². The molecular weight excluding hydrogens is 411 g/mol. The Morgan fingerprint density at radius 2 is 0.960 bits per heavy atom. The number of hydrogen-bond donors (Lipinski definition) is 2. The maximum atomic E-state index is 10.4. The minimum atomic E-state index is -0.502. The molecule has 0 aromatic heterocycles. The molecule has 0 radical (unpaired) electrons. The molecule has 0 aliphatic rings. The summed E-state index contributed by atoms with van der Waals surface area (Å²) in [5.74, 6) is -1.38. The first-order chi connectivity index (χ1) is 11.2. The molecule has 0 rings (SSSR count). The van der Waals surface area contributed by atoms with Crippen LogP contribution in [-0.2, 0) is 54.9 Å². The van der Waals surface area contributed by atoms with E-state index in [1.54, 1.807) is 13.8 Å². The normalized spacial score (nSPS) is 7.68. The summed E-state index contributed by atoms with van der Waals surface area (Å²) in [5.41, 5.74) is 0. The van der Waals surface area contributed by atoms with Gasteiger partial charge in [0.05, 0.1) is 0 Å². The predicted molar refractivity (Wildman–Crippen MR) is 88.7 cm³/mol. The van der Waals surface area contributed by atoms with Gasteiger partial charge in [-0.3, -0.25) is 19.2 Å². The summed E-state index contributed by atoms with van der Waals surface area (Å²) < 4.78 is 8.76. The second-order valence-electron chi connectivity index (χ2n) is 3.83. The van der Waals surface area contributed by atoms with Gasteiger partial charge in [0, 0.05) is 13.2 Å². The Morgan fingerprint density at radius 3 is 1.08 bits per heavy atom. The number of aliphatic hydroxyl groups is 2. The standard InChI is InChI=1S/2C6H9O3.2C2H6O.Zr/c2*1-3-9-6(8)4-5(2)7;2*1-2-3;/h2*1,3-4H2,2H3;2*3H,2H2,1H3;/q2*-1;;;+2. The average molecular weight is 442 g/mol. The quantitative estimate of drug-likeness (QED) is 0.350. The van der Waals surface area contributed by atoms with Gasteiger partial charge in [-0.15, -0.1) is 0 Å². The maximum Gasteiger partial charge on any atom is 2.00 e. The summed E-state index contributed by atoms with van der Waals surface area (Å²) in [6, 6.07) is 0. The van der Waals surface area contributed by atoms with Crippen molar-refractivity contribution in [3.8, 4) is 0 Å². The monoisotopic (exact) mass is 440 g/mol. The maximum absolute atomic E-state index is 10.4. The van der Waals surface area contributed by atoms with E-state index in [9.17, 15) is 19.2 Å². The second-order valence-corrected chi connectivity index (χ2v) is 3.83. The van der Waals surface area contributed by atoms with Crippen molar-refractivity contribution in [2.24, 2.45) is 0 Å². The number of ether oxygens (including phenoxy) is 2. The van der Waals surface area contributed by atoms with Crippen LogP contribution in [0.3, 0.4) is 0 Å². The summed E-state index contributed by atoms with van der Waals surface area (Å²) in [4.78, 5) is 41.2. The fraction of sp³-hybridized carbons (Fsp3) is 0.625. The molecule has 0 aromatic rings. The fourth-order valence-corrected chi connectivity index (χ4v) is 0.736. The third-order valence-electron chi connectivity index (χ3n) is 1.31. The molecule has 146 valence electrons. The number of hydrogen-bond acceptors (Lipinski definition) is 8. The Labute approximate surface area is 169 Å². The van der Waals surface area contributed by atoms with Crippen LogP contribution < -0.4 is 0 Å². The van der Waals surface area contributed by atoms with Gasteiger partial charge in [-0.05, 0) is 40.9 Å². The number of rotatable bonds is 6. The van der Waals surface area contributed by atoms with E-state index in [0.29, 0.717) is 0 Å². The average Bonchev–Trinajstić information content (AvgIpc) is 2.39. The zero-order chi connectivity index (χ0) is 20.0. The van der Waals surface area contributed by atoms with Crippen LogP contribution in [0.4, 0.5) is 0 Å². The number of ketones is 2. The largest absolute Gasteiger partial charge is 2.00 e. The van der Waals surface area contributed by atoms with E-state index in [-0.39, 0.29) is 77.0 Å². The fourth-order valence-electron chi connectivity index (χ4n) is 0.736.